The predicted molar refractivity (Wildman–Crippen MR) is 51.8 cm³/mol. The molecule has 4 heteroatoms. The summed E-state index contributed by atoms with van der Waals surface area (Å²) in [4.78, 5) is 23.7. The third-order valence-electron chi connectivity index (χ3n) is 2.71. The number of likely N-dealkylation sites (tertiary alicyclic amines) is 1. The highest BCUT2D eigenvalue weighted by Gasteiger charge is 2.27. The third kappa shape index (κ3) is 2.72. The van der Waals surface area contributed by atoms with Crippen molar-refractivity contribution in [2.45, 2.75) is 39.2 Å². The highest BCUT2D eigenvalue weighted by Crippen LogP contribution is 2.20. The molecule has 80 valence electrons. The van der Waals surface area contributed by atoms with Gasteiger partial charge in [-0.25, -0.2) is 0 Å². The lowest BCUT2D eigenvalue weighted by atomic mass is 9.97. The minimum absolute atomic E-state index is 0.0418. The van der Waals surface area contributed by atoms with Crippen LogP contribution in [0.4, 0.5) is 0 Å². The van der Waals surface area contributed by atoms with Crippen LogP contribution >= 0.6 is 0 Å². The number of piperidine rings is 1. The molecule has 0 radical (unpaired) electrons. The van der Waals surface area contributed by atoms with E-state index >= 15 is 0 Å². The molecule has 0 aromatic rings. The number of carbonyl (C=O) groups is 2. The van der Waals surface area contributed by atoms with Crippen LogP contribution in [0.2, 0.25) is 0 Å². The first-order valence-electron chi connectivity index (χ1n) is 5.02. The molecule has 1 fully saturated rings. The van der Waals surface area contributed by atoms with Gasteiger partial charge in [-0.1, -0.05) is 6.92 Å². The molecule has 1 N–H and O–H groups in total. The van der Waals surface area contributed by atoms with Gasteiger partial charge in [0, 0.05) is 19.0 Å². The molecule has 1 amide bonds. The van der Waals surface area contributed by atoms with Crippen molar-refractivity contribution in [2.24, 2.45) is 5.92 Å². The van der Waals surface area contributed by atoms with Crippen molar-refractivity contribution in [3.8, 4) is 0 Å². The molecule has 0 aromatic carbocycles. The first-order chi connectivity index (χ1) is 6.50. The Labute approximate surface area is 83.9 Å². The van der Waals surface area contributed by atoms with Crippen LogP contribution in [0.15, 0.2) is 0 Å². The Kier molecular flexibility index (Phi) is 3.49. The summed E-state index contributed by atoms with van der Waals surface area (Å²) < 4.78 is 0. The van der Waals surface area contributed by atoms with Gasteiger partial charge in [0.2, 0.25) is 5.91 Å². The van der Waals surface area contributed by atoms with E-state index in [4.69, 9.17) is 5.11 Å². The zero-order valence-electron chi connectivity index (χ0n) is 8.69. The molecule has 1 aliphatic rings. The summed E-state index contributed by atoms with van der Waals surface area (Å²) in [5.41, 5.74) is 0. The molecule has 1 saturated heterocycles. The maximum atomic E-state index is 11.6. The van der Waals surface area contributed by atoms with Gasteiger partial charge in [-0.3, -0.25) is 9.59 Å². The first kappa shape index (κ1) is 11.0. The van der Waals surface area contributed by atoms with Gasteiger partial charge in [-0.2, -0.15) is 0 Å². The summed E-state index contributed by atoms with van der Waals surface area (Å²) in [5.74, 6) is -0.308. The fourth-order valence-corrected chi connectivity index (χ4v) is 1.83. The molecular formula is C10H17NO3. The van der Waals surface area contributed by atoms with E-state index in [2.05, 4.69) is 6.92 Å². The summed E-state index contributed by atoms with van der Waals surface area (Å²) in [6.07, 6.45) is 1.58. The van der Waals surface area contributed by atoms with Crippen LogP contribution in [0.5, 0.6) is 0 Å². The minimum Gasteiger partial charge on any atom is -0.481 e. The minimum atomic E-state index is -0.844. The van der Waals surface area contributed by atoms with Crippen LogP contribution < -0.4 is 0 Å². The number of carbonyl (C=O) groups excluding carboxylic acids is 1. The number of aliphatic carboxylic acids is 1. The number of nitrogens with zero attached hydrogens (tertiary/aromatic N) is 1. The van der Waals surface area contributed by atoms with E-state index in [-0.39, 0.29) is 18.4 Å². The van der Waals surface area contributed by atoms with Gasteiger partial charge >= 0.3 is 5.97 Å². The van der Waals surface area contributed by atoms with Gasteiger partial charge in [0.25, 0.3) is 0 Å². The topological polar surface area (TPSA) is 57.6 Å². The Hall–Kier alpha value is -1.06. The molecule has 0 bridgehead atoms. The van der Waals surface area contributed by atoms with Crippen LogP contribution in [0.3, 0.4) is 0 Å². The Morgan fingerprint density at radius 2 is 2.36 bits per heavy atom. The number of hydrogen-bond acceptors (Lipinski definition) is 2. The smallest absolute Gasteiger partial charge is 0.305 e. The van der Waals surface area contributed by atoms with Crippen LogP contribution in [-0.2, 0) is 9.59 Å². The van der Waals surface area contributed by atoms with Crippen molar-refractivity contribution in [3.63, 3.8) is 0 Å². The lowest BCUT2D eigenvalue weighted by molar-refractivity contribution is -0.142. The average molecular weight is 199 g/mol. The number of carboxylic acids is 1. The number of carboxylic acid groups (broad SMARTS) is 1. The molecule has 14 heavy (non-hydrogen) atoms. The maximum absolute atomic E-state index is 11.6. The molecule has 0 aliphatic carbocycles. The summed E-state index contributed by atoms with van der Waals surface area (Å²) in [6.45, 7) is 4.55. The van der Waals surface area contributed by atoms with E-state index in [0.717, 1.165) is 6.42 Å². The fraction of sp³-hybridized carbons (Fsp3) is 0.800. The quantitative estimate of drug-likeness (QED) is 0.740. The van der Waals surface area contributed by atoms with Crippen molar-refractivity contribution in [1.29, 1.82) is 0 Å². The highest BCUT2D eigenvalue weighted by molar-refractivity contribution is 5.78. The van der Waals surface area contributed by atoms with Crippen molar-refractivity contribution in [1.82, 2.24) is 4.90 Å². The SMILES string of the molecule is CC1CCN(C(C)CC(=O)O)C(=O)C1. The van der Waals surface area contributed by atoms with Gasteiger partial charge in [-0.05, 0) is 19.3 Å². The molecule has 0 aromatic heterocycles. The van der Waals surface area contributed by atoms with Crippen LogP contribution in [0, 0.1) is 5.92 Å². The molecule has 0 saturated carbocycles. The van der Waals surface area contributed by atoms with Crippen molar-refractivity contribution >= 4 is 11.9 Å². The van der Waals surface area contributed by atoms with Crippen LogP contribution in [0.25, 0.3) is 0 Å². The van der Waals surface area contributed by atoms with Crippen molar-refractivity contribution < 1.29 is 14.7 Å². The second kappa shape index (κ2) is 4.44. The average Bonchev–Trinajstić information content (AvgIpc) is 2.01. The Bertz CT molecular complexity index is 240. The Morgan fingerprint density at radius 1 is 1.71 bits per heavy atom. The van der Waals surface area contributed by atoms with E-state index < -0.39 is 5.97 Å². The molecule has 1 heterocycles. The molecule has 2 unspecified atom stereocenters. The molecule has 4 nitrogen and oxygen atoms in total. The summed E-state index contributed by atoms with van der Waals surface area (Å²) >= 11 is 0. The van der Waals surface area contributed by atoms with E-state index in [9.17, 15) is 9.59 Å². The first-order valence-corrected chi connectivity index (χ1v) is 5.02. The number of rotatable bonds is 3. The van der Waals surface area contributed by atoms with Gasteiger partial charge in [0.05, 0.1) is 6.42 Å². The van der Waals surface area contributed by atoms with Gasteiger partial charge in [0.15, 0.2) is 0 Å². The highest BCUT2D eigenvalue weighted by atomic mass is 16.4. The van der Waals surface area contributed by atoms with Gasteiger partial charge in [0.1, 0.15) is 0 Å². The van der Waals surface area contributed by atoms with Gasteiger partial charge < -0.3 is 10.0 Å². The fourth-order valence-electron chi connectivity index (χ4n) is 1.83. The standard InChI is InChI=1S/C10H17NO3/c1-7-3-4-11(9(12)5-7)8(2)6-10(13)14/h7-8H,3-6H2,1-2H3,(H,13,14). The number of hydrogen-bond donors (Lipinski definition) is 1. The molecular weight excluding hydrogens is 182 g/mol. The molecule has 2 atom stereocenters. The van der Waals surface area contributed by atoms with E-state index in [1.807, 2.05) is 0 Å². The summed E-state index contributed by atoms with van der Waals surface area (Å²) in [5, 5.41) is 8.61. The van der Waals surface area contributed by atoms with Crippen molar-refractivity contribution in [3.05, 3.63) is 0 Å². The van der Waals surface area contributed by atoms with E-state index in [1.165, 1.54) is 0 Å². The maximum Gasteiger partial charge on any atom is 0.305 e. The summed E-state index contributed by atoms with van der Waals surface area (Å²) in [7, 11) is 0. The molecule has 1 rings (SSSR count). The van der Waals surface area contributed by atoms with E-state index in [0.29, 0.717) is 18.9 Å². The van der Waals surface area contributed by atoms with E-state index in [1.54, 1.807) is 11.8 Å². The normalized spacial score (nSPS) is 24.9. The van der Waals surface area contributed by atoms with Crippen molar-refractivity contribution in [2.75, 3.05) is 6.54 Å². The zero-order valence-corrected chi connectivity index (χ0v) is 8.69. The molecule has 1 aliphatic heterocycles. The van der Waals surface area contributed by atoms with Crippen LogP contribution in [0.1, 0.15) is 33.1 Å². The van der Waals surface area contributed by atoms with Crippen LogP contribution in [-0.4, -0.2) is 34.5 Å². The Balaban J connectivity index is 2.51. The lowest BCUT2D eigenvalue weighted by Crippen LogP contribution is -2.44. The zero-order chi connectivity index (χ0) is 10.7. The second-order valence-corrected chi connectivity index (χ2v) is 4.13. The third-order valence-corrected chi connectivity index (χ3v) is 2.71. The van der Waals surface area contributed by atoms with Gasteiger partial charge in [-0.15, -0.1) is 0 Å². The lowest BCUT2D eigenvalue weighted by Gasteiger charge is -2.34. The number of amides is 1. The summed E-state index contributed by atoms with van der Waals surface area (Å²) in [6, 6.07) is -0.174. The monoisotopic (exact) mass is 199 g/mol. The molecule has 0 spiro atoms. The predicted octanol–water partition coefficient (Wildman–Crippen LogP) is 1.11. The second-order valence-electron chi connectivity index (χ2n) is 4.13. The Morgan fingerprint density at radius 3 is 2.86 bits per heavy atom. The largest absolute Gasteiger partial charge is 0.481 e.